The minimum Gasteiger partial charge on any atom is -0.384 e. The Hall–Kier alpha value is -2.12. The highest BCUT2D eigenvalue weighted by atomic mass is 16.2. The Morgan fingerprint density at radius 2 is 1.71 bits per heavy atom. The summed E-state index contributed by atoms with van der Waals surface area (Å²) in [5.41, 5.74) is 1.36. The maximum atomic E-state index is 12.4. The average molecular weight is 283 g/mol. The van der Waals surface area contributed by atoms with E-state index in [1.807, 2.05) is 0 Å². The molecule has 2 amide bonds. The van der Waals surface area contributed by atoms with Crippen molar-refractivity contribution in [2.75, 3.05) is 11.5 Å². The van der Waals surface area contributed by atoms with Crippen LogP contribution in [-0.2, 0) is 9.59 Å². The number of imide groups is 1. The van der Waals surface area contributed by atoms with E-state index >= 15 is 0 Å². The van der Waals surface area contributed by atoms with Gasteiger partial charge in [0.2, 0.25) is 11.8 Å². The fraction of sp³-hybridized carbons (Fsp3) is 0.412. The van der Waals surface area contributed by atoms with E-state index in [0.29, 0.717) is 11.6 Å². The Labute approximate surface area is 123 Å². The van der Waals surface area contributed by atoms with Gasteiger partial charge in [-0.05, 0) is 43.0 Å². The lowest BCUT2D eigenvalue weighted by Crippen LogP contribution is -2.32. The number of nitrogens with zero attached hydrogens (tertiary/aromatic N) is 1. The van der Waals surface area contributed by atoms with Crippen molar-refractivity contribution in [3.63, 3.8) is 0 Å². The minimum atomic E-state index is -0.188. The van der Waals surface area contributed by atoms with E-state index in [1.54, 1.807) is 24.3 Å². The van der Waals surface area contributed by atoms with Crippen LogP contribution in [0.5, 0.6) is 0 Å². The number of hydrogen-bond donors (Lipinski definition) is 1. The van der Waals surface area contributed by atoms with E-state index < -0.39 is 0 Å². The molecule has 1 saturated heterocycles. The monoisotopic (exact) mass is 283 g/mol. The van der Waals surface area contributed by atoms with Crippen molar-refractivity contribution in [2.24, 2.45) is 17.8 Å². The highest BCUT2D eigenvalue weighted by Crippen LogP contribution is 2.44. The van der Waals surface area contributed by atoms with Gasteiger partial charge in [-0.15, -0.1) is 0 Å². The topological polar surface area (TPSA) is 57.6 Å². The van der Waals surface area contributed by atoms with Crippen LogP contribution >= 0.6 is 0 Å². The summed E-state index contributed by atoms with van der Waals surface area (Å²) in [7, 11) is 0. The van der Waals surface area contributed by atoms with Crippen molar-refractivity contribution in [1.82, 2.24) is 0 Å². The number of aliphatic hydroxyl groups excluding tert-OH is 1. The largest absolute Gasteiger partial charge is 0.384 e. The van der Waals surface area contributed by atoms with Gasteiger partial charge in [0.25, 0.3) is 0 Å². The molecule has 2 aliphatic rings. The zero-order valence-corrected chi connectivity index (χ0v) is 11.9. The first-order chi connectivity index (χ1) is 10.1. The van der Waals surface area contributed by atoms with Crippen LogP contribution in [0.25, 0.3) is 0 Å². The quantitative estimate of drug-likeness (QED) is 0.628. The molecule has 0 radical (unpaired) electrons. The summed E-state index contributed by atoms with van der Waals surface area (Å²) >= 11 is 0. The molecule has 4 heteroatoms. The fourth-order valence-corrected chi connectivity index (χ4v) is 3.37. The third-order valence-corrected chi connectivity index (χ3v) is 4.31. The van der Waals surface area contributed by atoms with Gasteiger partial charge in [-0.2, -0.15) is 0 Å². The van der Waals surface area contributed by atoms with Crippen LogP contribution in [0.2, 0.25) is 0 Å². The number of fused-ring (bicyclic) bond motifs is 1. The van der Waals surface area contributed by atoms with E-state index in [2.05, 4.69) is 18.8 Å². The summed E-state index contributed by atoms with van der Waals surface area (Å²) in [5.74, 6) is 5.40. The molecule has 2 atom stereocenters. The van der Waals surface area contributed by atoms with Gasteiger partial charge in [-0.3, -0.25) is 14.5 Å². The molecule has 0 aromatic heterocycles. The molecule has 0 bridgehead atoms. The molecule has 0 spiro atoms. The van der Waals surface area contributed by atoms with E-state index in [0.717, 1.165) is 18.4 Å². The van der Waals surface area contributed by atoms with Crippen molar-refractivity contribution in [3.05, 3.63) is 29.8 Å². The molecular formula is C17H17NO3. The average Bonchev–Trinajstić information content (AvgIpc) is 2.97. The molecule has 2 fully saturated rings. The molecule has 1 aromatic rings. The first-order valence-corrected chi connectivity index (χ1v) is 7.19. The van der Waals surface area contributed by atoms with Gasteiger partial charge in [0.1, 0.15) is 6.61 Å². The van der Waals surface area contributed by atoms with Crippen molar-refractivity contribution in [2.45, 2.75) is 19.8 Å². The molecule has 21 heavy (non-hydrogen) atoms. The number of rotatable bonds is 1. The van der Waals surface area contributed by atoms with Crippen LogP contribution in [0.3, 0.4) is 0 Å². The third kappa shape index (κ3) is 2.34. The number of aliphatic hydroxyl groups is 1. The Morgan fingerprint density at radius 1 is 1.14 bits per heavy atom. The van der Waals surface area contributed by atoms with Gasteiger partial charge in [-0.1, -0.05) is 18.8 Å². The number of carbonyl (C=O) groups excluding carboxylic acids is 2. The smallest absolute Gasteiger partial charge is 0.237 e. The van der Waals surface area contributed by atoms with Gasteiger partial charge in [0, 0.05) is 5.56 Å². The minimum absolute atomic E-state index is 0.0662. The van der Waals surface area contributed by atoms with E-state index in [4.69, 9.17) is 5.11 Å². The SMILES string of the molecule is CC1CC2C(=O)N(c3ccc(C#CCO)cc3)C(=O)C2C1. The van der Waals surface area contributed by atoms with Gasteiger partial charge in [0.15, 0.2) is 0 Å². The molecular weight excluding hydrogens is 266 g/mol. The predicted molar refractivity (Wildman–Crippen MR) is 78.3 cm³/mol. The summed E-state index contributed by atoms with van der Waals surface area (Å²) in [4.78, 5) is 26.2. The third-order valence-electron chi connectivity index (χ3n) is 4.31. The van der Waals surface area contributed by atoms with E-state index in [-0.39, 0.29) is 30.3 Å². The van der Waals surface area contributed by atoms with Gasteiger partial charge in [-0.25, -0.2) is 0 Å². The molecule has 1 aliphatic carbocycles. The van der Waals surface area contributed by atoms with Crippen molar-refractivity contribution >= 4 is 17.5 Å². The maximum absolute atomic E-state index is 12.4. The number of anilines is 1. The Bertz CT molecular complexity index is 614. The Kier molecular flexibility index (Phi) is 3.52. The zero-order chi connectivity index (χ0) is 15.0. The lowest BCUT2D eigenvalue weighted by atomic mass is 10.00. The summed E-state index contributed by atoms with van der Waals surface area (Å²) in [5, 5.41) is 8.67. The molecule has 2 unspecified atom stereocenters. The second kappa shape index (κ2) is 5.34. The predicted octanol–water partition coefficient (Wildman–Crippen LogP) is 1.57. The lowest BCUT2D eigenvalue weighted by Gasteiger charge is -2.16. The molecule has 1 N–H and O–H groups in total. The van der Waals surface area contributed by atoms with Crippen molar-refractivity contribution < 1.29 is 14.7 Å². The van der Waals surface area contributed by atoms with Gasteiger partial charge < -0.3 is 5.11 Å². The lowest BCUT2D eigenvalue weighted by molar-refractivity contribution is -0.123. The number of benzene rings is 1. The summed E-state index contributed by atoms with van der Waals surface area (Å²) in [6.45, 7) is 1.91. The van der Waals surface area contributed by atoms with E-state index in [9.17, 15) is 9.59 Å². The number of hydrogen-bond acceptors (Lipinski definition) is 3. The standard InChI is InChI=1S/C17H17NO3/c1-11-9-14-15(10-11)17(21)18(16(14)20)13-6-4-12(5-7-13)3-2-8-19/h4-7,11,14-15,19H,8-10H2,1H3. The summed E-state index contributed by atoms with van der Waals surface area (Å²) in [6, 6.07) is 6.99. The van der Waals surface area contributed by atoms with Crippen LogP contribution in [0.15, 0.2) is 24.3 Å². The maximum Gasteiger partial charge on any atom is 0.237 e. The second-order valence-electron chi connectivity index (χ2n) is 5.81. The summed E-state index contributed by atoms with van der Waals surface area (Å²) in [6.07, 6.45) is 1.62. The summed E-state index contributed by atoms with van der Waals surface area (Å²) < 4.78 is 0. The zero-order valence-electron chi connectivity index (χ0n) is 11.9. The Balaban J connectivity index is 1.85. The molecule has 1 aliphatic heterocycles. The van der Waals surface area contributed by atoms with Crippen LogP contribution in [0, 0.1) is 29.6 Å². The first-order valence-electron chi connectivity index (χ1n) is 7.19. The number of carbonyl (C=O) groups is 2. The van der Waals surface area contributed by atoms with Gasteiger partial charge in [0.05, 0.1) is 17.5 Å². The second-order valence-corrected chi connectivity index (χ2v) is 5.81. The molecule has 3 rings (SSSR count). The van der Waals surface area contributed by atoms with Crippen LogP contribution < -0.4 is 4.90 Å². The van der Waals surface area contributed by atoms with Crippen molar-refractivity contribution in [3.8, 4) is 11.8 Å². The normalized spacial score (nSPS) is 27.5. The van der Waals surface area contributed by atoms with Crippen LogP contribution in [0.4, 0.5) is 5.69 Å². The molecule has 1 saturated carbocycles. The fourth-order valence-electron chi connectivity index (χ4n) is 3.37. The van der Waals surface area contributed by atoms with Crippen LogP contribution in [-0.4, -0.2) is 23.5 Å². The van der Waals surface area contributed by atoms with Crippen molar-refractivity contribution in [1.29, 1.82) is 0 Å². The van der Waals surface area contributed by atoms with E-state index in [1.165, 1.54) is 4.90 Å². The number of amides is 2. The molecule has 108 valence electrons. The highest BCUT2D eigenvalue weighted by molar-refractivity contribution is 6.22. The molecule has 4 nitrogen and oxygen atoms in total. The molecule has 1 aromatic carbocycles. The Morgan fingerprint density at radius 3 is 2.24 bits per heavy atom. The first kappa shape index (κ1) is 13.8. The van der Waals surface area contributed by atoms with Gasteiger partial charge >= 0.3 is 0 Å². The molecule has 1 heterocycles. The highest BCUT2D eigenvalue weighted by Gasteiger charge is 2.52. The van der Waals surface area contributed by atoms with Crippen LogP contribution in [0.1, 0.15) is 25.3 Å².